The second-order valence-electron chi connectivity index (χ2n) is 4.78. The molecule has 0 bridgehead atoms. The molecule has 1 atom stereocenters. The van der Waals surface area contributed by atoms with Gasteiger partial charge < -0.3 is 21.1 Å². The zero-order chi connectivity index (χ0) is 12.7. The van der Waals surface area contributed by atoms with Crippen LogP contribution in [-0.2, 0) is 9.53 Å². The molecule has 0 aromatic heterocycles. The molecule has 0 spiro atoms. The summed E-state index contributed by atoms with van der Waals surface area (Å²) in [5, 5.41) is 6.19. The summed E-state index contributed by atoms with van der Waals surface area (Å²) in [6.07, 6.45) is 4.24. The van der Waals surface area contributed by atoms with Crippen molar-refractivity contribution in [2.45, 2.75) is 50.7 Å². The van der Waals surface area contributed by atoms with E-state index in [0.29, 0.717) is 25.2 Å². The number of amides is 1. The van der Waals surface area contributed by atoms with Gasteiger partial charge in [0.15, 0.2) is 0 Å². The van der Waals surface area contributed by atoms with Gasteiger partial charge in [-0.3, -0.25) is 4.79 Å². The number of methoxy groups -OCH3 is 1. The van der Waals surface area contributed by atoms with E-state index in [4.69, 9.17) is 10.5 Å². The van der Waals surface area contributed by atoms with Crippen molar-refractivity contribution in [3.63, 3.8) is 0 Å². The summed E-state index contributed by atoms with van der Waals surface area (Å²) in [6, 6.07) is 0.628. The molecule has 100 valence electrons. The third-order valence-electron chi connectivity index (χ3n) is 3.26. The van der Waals surface area contributed by atoms with E-state index in [9.17, 15) is 4.79 Å². The molecule has 1 saturated carbocycles. The standard InChI is InChI=1S/C12H25N3O2/c1-9(12(16)14-7-8-17-2)15-11-5-3-10(13)4-6-11/h9-11,15H,3-8,13H2,1-2H3,(H,14,16). The van der Waals surface area contributed by atoms with Gasteiger partial charge in [0, 0.05) is 25.7 Å². The Balaban J connectivity index is 2.19. The second-order valence-corrected chi connectivity index (χ2v) is 4.78. The van der Waals surface area contributed by atoms with E-state index in [-0.39, 0.29) is 11.9 Å². The summed E-state index contributed by atoms with van der Waals surface area (Å²) in [7, 11) is 1.62. The number of ether oxygens (including phenoxy) is 1. The lowest BCUT2D eigenvalue weighted by Crippen LogP contribution is -2.49. The zero-order valence-electron chi connectivity index (χ0n) is 10.9. The average Bonchev–Trinajstić information content (AvgIpc) is 2.32. The molecule has 0 aromatic rings. The molecule has 1 rings (SSSR count). The van der Waals surface area contributed by atoms with Crippen molar-refractivity contribution in [3.05, 3.63) is 0 Å². The van der Waals surface area contributed by atoms with Crippen molar-refractivity contribution in [3.8, 4) is 0 Å². The van der Waals surface area contributed by atoms with E-state index < -0.39 is 0 Å². The summed E-state index contributed by atoms with van der Waals surface area (Å²) in [5.41, 5.74) is 5.85. The lowest BCUT2D eigenvalue weighted by atomic mass is 9.91. The molecule has 5 heteroatoms. The molecule has 0 saturated heterocycles. The second kappa shape index (κ2) is 7.63. The molecule has 1 fully saturated rings. The first-order valence-corrected chi connectivity index (χ1v) is 6.41. The topological polar surface area (TPSA) is 76.4 Å². The Labute approximate surface area is 103 Å². The highest BCUT2D eigenvalue weighted by Gasteiger charge is 2.22. The van der Waals surface area contributed by atoms with E-state index in [1.807, 2.05) is 6.92 Å². The van der Waals surface area contributed by atoms with Crippen molar-refractivity contribution < 1.29 is 9.53 Å². The zero-order valence-corrected chi connectivity index (χ0v) is 10.9. The van der Waals surface area contributed by atoms with E-state index in [1.54, 1.807) is 7.11 Å². The first-order chi connectivity index (χ1) is 8.13. The number of nitrogens with one attached hydrogen (secondary N) is 2. The highest BCUT2D eigenvalue weighted by molar-refractivity contribution is 5.81. The van der Waals surface area contributed by atoms with E-state index in [2.05, 4.69) is 10.6 Å². The Bertz CT molecular complexity index is 228. The molecule has 1 unspecified atom stereocenters. The maximum absolute atomic E-state index is 11.7. The maximum Gasteiger partial charge on any atom is 0.236 e. The molecule has 0 aromatic carbocycles. The van der Waals surface area contributed by atoms with Gasteiger partial charge in [0.05, 0.1) is 12.6 Å². The number of carbonyl (C=O) groups excluding carboxylic acids is 1. The van der Waals surface area contributed by atoms with Crippen LogP contribution in [0.1, 0.15) is 32.6 Å². The lowest BCUT2D eigenvalue weighted by molar-refractivity contribution is -0.123. The van der Waals surface area contributed by atoms with Gasteiger partial charge in [0.1, 0.15) is 0 Å². The van der Waals surface area contributed by atoms with Crippen LogP contribution in [-0.4, -0.2) is 44.3 Å². The molecule has 1 aliphatic carbocycles. The van der Waals surface area contributed by atoms with Crippen LogP contribution in [0.25, 0.3) is 0 Å². The molecule has 1 amide bonds. The third-order valence-corrected chi connectivity index (χ3v) is 3.26. The van der Waals surface area contributed by atoms with Gasteiger partial charge in [0.25, 0.3) is 0 Å². The quantitative estimate of drug-likeness (QED) is 0.574. The van der Waals surface area contributed by atoms with Gasteiger partial charge >= 0.3 is 0 Å². The Morgan fingerprint density at radius 3 is 2.65 bits per heavy atom. The van der Waals surface area contributed by atoms with E-state index in [0.717, 1.165) is 25.7 Å². The third kappa shape index (κ3) is 5.48. The summed E-state index contributed by atoms with van der Waals surface area (Å²) in [6.45, 7) is 3.02. The summed E-state index contributed by atoms with van der Waals surface area (Å²) < 4.78 is 4.88. The van der Waals surface area contributed by atoms with E-state index >= 15 is 0 Å². The van der Waals surface area contributed by atoms with Crippen LogP contribution in [0.2, 0.25) is 0 Å². The summed E-state index contributed by atoms with van der Waals surface area (Å²) in [4.78, 5) is 11.7. The first kappa shape index (κ1) is 14.4. The minimum atomic E-state index is -0.147. The normalized spacial score (nSPS) is 26.5. The fourth-order valence-electron chi connectivity index (χ4n) is 2.14. The van der Waals surface area contributed by atoms with Crippen LogP contribution in [0.15, 0.2) is 0 Å². The number of carbonyl (C=O) groups is 1. The van der Waals surface area contributed by atoms with Crippen LogP contribution in [0.5, 0.6) is 0 Å². The minimum absolute atomic E-state index is 0.0388. The predicted octanol–water partition coefficient (Wildman–Crippen LogP) is -0.00300. The van der Waals surface area contributed by atoms with Gasteiger partial charge in [-0.25, -0.2) is 0 Å². The maximum atomic E-state index is 11.7. The van der Waals surface area contributed by atoms with E-state index in [1.165, 1.54) is 0 Å². The Hall–Kier alpha value is -0.650. The fourth-order valence-corrected chi connectivity index (χ4v) is 2.14. The molecule has 0 radical (unpaired) electrons. The molecular formula is C12H25N3O2. The molecule has 17 heavy (non-hydrogen) atoms. The smallest absolute Gasteiger partial charge is 0.236 e. The van der Waals surface area contributed by atoms with Crippen LogP contribution in [0, 0.1) is 0 Å². The van der Waals surface area contributed by atoms with Gasteiger partial charge in [-0.2, -0.15) is 0 Å². The number of rotatable bonds is 6. The fraction of sp³-hybridized carbons (Fsp3) is 0.917. The predicted molar refractivity (Wildman–Crippen MR) is 67.7 cm³/mol. The SMILES string of the molecule is COCCNC(=O)C(C)NC1CCC(N)CC1. The Morgan fingerprint density at radius 1 is 1.41 bits per heavy atom. The Kier molecular flexibility index (Phi) is 6.47. The van der Waals surface area contributed by atoms with Crippen LogP contribution in [0.3, 0.4) is 0 Å². The molecular weight excluding hydrogens is 218 g/mol. The first-order valence-electron chi connectivity index (χ1n) is 6.41. The van der Waals surface area contributed by atoms with Crippen molar-refractivity contribution in [1.29, 1.82) is 0 Å². The summed E-state index contributed by atoms with van der Waals surface area (Å²) in [5.74, 6) is 0.0388. The highest BCUT2D eigenvalue weighted by Crippen LogP contribution is 2.17. The lowest BCUT2D eigenvalue weighted by Gasteiger charge is -2.29. The van der Waals surface area contributed by atoms with Gasteiger partial charge in [-0.15, -0.1) is 0 Å². The van der Waals surface area contributed by atoms with Crippen molar-refractivity contribution in [1.82, 2.24) is 10.6 Å². The molecule has 0 aliphatic heterocycles. The minimum Gasteiger partial charge on any atom is -0.383 e. The van der Waals surface area contributed by atoms with Gasteiger partial charge in [-0.05, 0) is 32.6 Å². The molecule has 0 heterocycles. The van der Waals surface area contributed by atoms with Crippen molar-refractivity contribution in [2.24, 2.45) is 5.73 Å². The van der Waals surface area contributed by atoms with Gasteiger partial charge in [-0.1, -0.05) is 0 Å². The average molecular weight is 243 g/mol. The Morgan fingerprint density at radius 2 is 2.06 bits per heavy atom. The monoisotopic (exact) mass is 243 g/mol. The number of hydrogen-bond donors (Lipinski definition) is 3. The molecule has 4 N–H and O–H groups in total. The van der Waals surface area contributed by atoms with Crippen molar-refractivity contribution >= 4 is 5.91 Å². The van der Waals surface area contributed by atoms with Crippen molar-refractivity contribution in [2.75, 3.05) is 20.3 Å². The van der Waals surface area contributed by atoms with Crippen LogP contribution in [0.4, 0.5) is 0 Å². The highest BCUT2D eigenvalue weighted by atomic mass is 16.5. The molecule has 1 aliphatic rings. The largest absolute Gasteiger partial charge is 0.383 e. The van der Waals surface area contributed by atoms with Gasteiger partial charge in [0.2, 0.25) is 5.91 Å². The molecule has 5 nitrogen and oxygen atoms in total. The van der Waals surface area contributed by atoms with Crippen LogP contribution < -0.4 is 16.4 Å². The number of nitrogens with two attached hydrogens (primary N) is 1. The summed E-state index contributed by atoms with van der Waals surface area (Å²) >= 11 is 0. The number of hydrogen-bond acceptors (Lipinski definition) is 4. The van der Waals surface area contributed by atoms with Crippen LogP contribution >= 0.6 is 0 Å².